The van der Waals surface area contributed by atoms with Crippen LogP contribution >= 0.6 is 54.5 Å². The summed E-state index contributed by atoms with van der Waals surface area (Å²) in [6.45, 7) is 2.77. The Hall–Kier alpha value is -0.01000. The third kappa shape index (κ3) is 3.48. The molecule has 90 valence electrons. The van der Waals surface area contributed by atoms with Crippen LogP contribution in [0.4, 0.5) is 5.69 Å². The molecule has 0 fully saturated rings. The summed E-state index contributed by atoms with van der Waals surface area (Å²) in [5.74, 6) is 0.888. The Kier molecular flexibility index (Phi) is 4.54. The number of hydrogen-bond donors (Lipinski definition) is 1. The molecule has 0 aliphatic carbocycles. The van der Waals surface area contributed by atoms with Gasteiger partial charge in [-0.15, -0.1) is 0 Å². The molecule has 1 aromatic heterocycles. The number of benzene rings is 1. The van der Waals surface area contributed by atoms with Crippen LogP contribution in [0.15, 0.2) is 37.8 Å². The number of rotatable bonds is 3. The fourth-order valence-corrected chi connectivity index (χ4v) is 2.54. The molecular weight excluding hydrogens is 461 g/mol. The molecule has 0 saturated carbocycles. The van der Waals surface area contributed by atoms with Crippen molar-refractivity contribution in [3.8, 4) is 0 Å². The molecule has 2 rings (SSSR count). The fourth-order valence-electron chi connectivity index (χ4n) is 1.37. The third-order valence-corrected chi connectivity index (χ3v) is 5.21. The quantitative estimate of drug-likeness (QED) is 0.613. The summed E-state index contributed by atoms with van der Waals surface area (Å²) < 4.78 is 8.42. The monoisotopic (exact) mass is 469 g/mol. The molecule has 1 heterocycles. The molecule has 2 nitrogen and oxygen atoms in total. The summed E-state index contributed by atoms with van der Waals surface area (Å²) in [6, 6.07) is 8.27. The largest absolute Gasteiger partial charge is 0.451 e. The van der Waals surface area contributed by atoms with E-state index in [4.69, 9.17) is 4.42 Å². The zero-order valence-corrected chi connectivity index (χ0v) is 14.4. The molecule has 0 bridgehead atoms. The van der Waals surface area contributed by atoms with Crippen molar-refractivity contribution in [3.63, 3.8) is 0 Å². The summed E-state index contributed by atoms with van der Waals surface area (Å²) in [5.41, 5.74) is 2.39. The lowest BCUT2D eigenvalue weighted by molar-refractivity contribution is 0.494. The van der Waals surface area contributed by atoms with Gasteiger partial charge in [-0.3, -0.25) is 0 Å². The molecule has 2 aromatic rings. The average molecular weight is 471 g/mol. The number of aryl methyl sites for hydroxylation is 1. The molecule has 17 heavy (non-hydrogen) atoms. The molecule has 0 radical (unpaired) electrons. The summed E-state index contributed by atoms with van der Waals surface area (Å²) in [6.07, 6.45) is 0. The van der Waals surface area contributed by atoms with Crippen LogP contribution in [0.25, 0.3) is 0 Å². The first kappa shape index (κ1) is 13.4. The van der Waals surface area contributed by atoms with Crippen LogP contribution in [-0.4, -0.2) is 0 Å². The summed E-state index contributed by atoms with van der Waals surface area (Å²) >= 11 is 9.05. The second-order valence-electron chi connectivity index (χ2n) is 3.65. The van der Waals surface area contributed by atoms with Crippen LogP contribution in [0, 0.1) is 10.5 Å². The number of hydrogen-bond acceptors (Lipinski definition) is 2. The number of furan rings is 1. The first-order valence-electron chi connectivity index (χ1n) is 5.00. The average Bonchev–Trinajstić information content (AvgIpc) is 2.60. The number of anilines is 1. The standard InChI is InChI=1S/C12H10Br2INO/c1-7-2-3-8(4-11(7)15)16-6-9-5-10(13)12(14)17-9/h2-5,16H,6H2,1H3. The molecule has 0 aliphatic heterocycles. The molecule has 0 atom stereocenters. The first-order valence-corrected chi connectivity index (χ1v) is 7.66. The molecule has 0 saturated heterocycles. The van der Waals surface area contributed by atoms with Crippen molar-refractivity contribution in [2.45, 2.75) is 13.5 Å². The Balaban J connectivity index is 2.04. The van der Waals surface area contributed by atoms with Crippen molar-refractivity contribution < 1.29 is 4.42 Å². The van der Waals surface area contributed by atoms with E-state index in [2.05, 4.69) is 84.9 Å². The van der Waals surface area contributed by atoms with E-state index in [1.165, 1.54) is 9.13 Å². The maximum Gasteiger partial charge on any atom is 0.183 e. The Morgan fingerprint density at radius 3 is 2.65 bits per heavy atom. The second-order valence-corrected chi connectivity index (χ2v) is 6.39. The number of nitrogens with one attached hydrogen (secondary N) is 1. The Morgan fingerprint density at radius 1 is 1.29 bits per heavy atom. The normalized spacial score (nSPS) is 10.6. The lowest BCUT2D eigenvalue weighted by Gasteiger charge is -2.06. The van der Waals surface area contributed by atoms with E-state index in [1.807, 2.05) is 6.07 Å². The summed E-state index contributed by atoms with van der Waals surface area (Å²) in [7, 11) is 0. The fraction of sp³-hybridized carbons (Fsp3) is 0.167. The van der Waals surface area contributed by atoms with Crippen molar-refractivity contribution in [1.29, 1.82) is 0 Å². The number of halogens is 3. The van der Waals surface area contributed by atoms with E-state index >= 15 is 0 Å². The highest BCUT2D eigenvalue weighted by molar-refractivity contribution is 14.1. The molecule has 0 amide bonds. The van der Waals surface area contributed by atoms with Crippen molar-refractivity contribution in [2.75, 3.05) is 5.32 Å². The molecule has 5 heteroatoms. The summed E-state index contributed by atoms with van der Waals surface area (Å²) in [5, 5.41) is 3.33. The highest BCUT2D eigenvalue weighted by atomic mass is 127. The van der Waals surface area contributed by atoms with Crippen LogP contribution in [0.1, 0.15) is 11.3 Å². The van der Waals surface area contributed by atoms with Gasteiger partial charge >= 0.3 is 0 Å². The van der Waals surface area contributed by atoms with Crippen LogP contribution in [0.2, 0.25) is 0 Å². The van der Waals surface area contributed by atoms with Gasteiger partial charge in [0, 0.05) is 9.26 Å². The van der Waals surface area contributed by atoms with Crippen molar-refractivity contribution in [1.82, 2.24) is 0 Å². The van der Waals surface area contributed by atoms with Gasteiger partial charge in [0.1, 0.15) is 5.76 Å². The zero-order chi connectivity index (χ0) is 12.4. The van der Waals surface area contributed by atoms with Gasteiger partial charge in [-0.2, -0.15) is 0 Å². The minimum absolute atomic E-state index is 0.670. The van der Waals surface area contributed by atoms with Crippen molar-refractivity contribution in [3.05, 3.63) is 48.3 Å². The second kappa shape index (κ2) is 5.75. The molecule has 0 aliphatic rings. The first-order chi connectivity index (χ1) is 8.06. The maximum atomic E-state index is 5.50. The van der Waals surface area contributed by atoms with E-state index in [0.717, 1.165) is 20.6 Å². The van der Waals surface area contributed by atoms with Gasteiger partial charge < -0.3 is 9.73 Å². The smallest absolute Gasteiger partial charge is 0.183 e. The van der Waals surface area contributed by atoms with Gasteiger partial charge in [0.15, 0.2) is 4.67 Å². The van der Waals surface area contributed by atoms with E-state index in [9.17, 15) is 0 Å². The third-order valence-electron chi connectivity index (χ3n) is 2.33. The minimum atomic E-state index is 0.670. The van der Waals surface area contributed by atoms with E-state index in [1.54, 1.807) is 0 Å². The Morgan fingerprint density at radius 2 is 2.06 bits per heavy atom. The highest BCUT2D eigenvalue weighted by Crippen LogP contribution is 2.27. The van der Waals surface area contributed by atoms with Gasteiger partial charge in [-0.05, 0) is 85.1 Å². The van der Waals surface area contributed by atoms with E-state index in [0.29, 0.717) is 6.54 Å². The lowest BCUT2D eigenvalue weighted by Crippen LogP contribution is -1.98. The predicted molar refractivity (Wildman–Crippen MR) is 85.3 cm³/mol. The predicted octanol–water partition coefficient (Wildman–Crippen LogP) is 5.33. The molecule has 1 N–H and O–H groups in total. The molecule has 0 unspecified atom stereocenters. The van der Waals surface area contributed by atoms with E-state index in [-0.39, 0.29) is 0 Å². The van der Waals surface area contributed by atoms with Gasteiger partial charge in [-0.25, -0.2) is 0 Å². The van der Waals surface area contributed by atoms with Crippen LogP contribution in [0.3, 0.4) is 0 Å². The van der Waals surface area contributed by atoms with Gasteiger partial charge in [-0.1, -0.05) is 6.07 Å². The van der Waals surface area contributed by atoms with E-state index < -0.39 is 0 Å². The molecule has 1 aromatic carbocycles. The Bertz CT molecular complexity index is 520. The minimum Gasteiger partial charge on any atom is -0.451 e. The van der Waals surface area contributed by atoms with Gasteiger partial charge in [0.05, 0.1) is 11.0 Å². The molecular formula is C12H10Br2INO. The Labute approximate surface area is 131 Å². The lowest BCUT2D eigenvalue weighted by atomic mass is 10.2. The summed E-state index contributed by atoms with van der Waals surface area (Å²) in [4.78, 5) is 0. The van der Waals surface area contributed by atoms with Gasteiger partial charge in [0.2, 0.25) is 0 Å². The van der Waals surface area contributed by atoms with Crippen LogP contribution in [-0.2, 0) is 6.54 Å². The SMILES string of the molecule is Cc1ccc(NCc2cc(Br)c(Br)o2)cc1I. The topological polar surface area (TPSA) is 25.2 Å². The van der Waals surface area contributed by atoms with Crippen LogP contribution in [0.5, 0.6) is 0 Å². The van der Waals surface area contributed by atoms with Gasteiger partial charge in [0.25, 0.3) is 0 Å². The maximum absolute atomic E-state index is 5.50. The highest BCUT2D eigenvalue weighted by Gasteiger charge is 2.05. The van der Waals surface area contributed by atoms with Crippen LogP contribution < -0.4 is 5.32 Å². The van der Waals surface area contributed by atoms with Crippen molar-refractivity contribution in [2.24, 2.45) is 0 Å². The molecule has 0 spiro atoms. The van der Waals surface area contributed by atoms with Crippen molar-refractivity contribution >= 4 is 60.1 Å². The zero-order valence-electron chi connectivity index (χ0n) is 9.06.